The molecular formula is C19H27N3O5S. The number of hydrogen-bond donors (Lipinski definition) is 2. The van der Waals surface area contributed by atoms with Crippen molar-refractivity contribution in [1.29, 1.82) is 0 Å². The Morgan fingerprint density at radius 1 is 1.14 bits per heavy atom. The number of ether oxygens (including phenoxy) is 1. The molecule has 2 aliphatic heterocycles. The van der Waals surface area contributed by atoms with Crippen molar-refractivity contribution < 1.29 is 22.7 Å². The van der Waals surface area contributed by atoms with Crippen LogP contribution in [0.5, 0.6) is 0 Å². The summed E-state index contributed by atoms with van der Waals surface area (Å²) in [5.74, 6) is -0.144. The number of carbonyl (C=O) groups excluding carboxylic acids is 2. The van der Waals surface area contributed by atoms with E-state index < -0.39 is 10.0 Å². The van der Waals surface area contributed by atoms with Crippen LogP contribution >= 0.6 is 0 Å². The predicted octanol–water partition coefficient (Wildman–Crippen LogP) is 1.21. The summed E-state index contributed by atoms with van der Waals surface area (Å²) in [6.45, 7) is 2.39. The van der Waals surface area contributed by atoms with E-state index in [1.807, 2.05) is 0 Å². The lowest BCUT2D eigenvalue weighted by atomic mass is 9.95. The molecule has 0 spiro atoms. The van der Waals surface area contributed by atoms with Crippen molar-refractivity contribution in [3.8, 4) is 0 Å². The molecular weight excluding hydrogens is 382 g/mol. The van der Waals surface area contributed by atoms with Gasteiger partial charge >= 0.3 is 0 Å². The number of piperidine rings is 1. The Bertz CT molecular complexity index is 795. The monoisotopic (exact) mass is 409 g/mol. The second kappa shape index (κ2) is 8.91. The van der Waals surface area contributed by atoms with Crippen molar-refractivity contribution in [2.75, 3.05) is 37.2 Å². The van der Waals surface area contributed by atoms with Crippen molar-refractivity contribution >= 4 is 27.5 Å². The summed E-state index contributed by atoms with van der Waals surface area (Å²) in [6, 6.07) is 6.35. The second-order valence-corrected chi connectivity index (χ2v) is 9.15. The molecule has 2 N–H and O–H groups in total. The number of nitrogens with one attached hydrogen (secondary N) is 2. The molecule has 2 aliphatic rings. The zero-order valence-electron chi connectivity index (χ0n) is 16.0. The summed E-state index contributed by atoms with van der Waals surface area (Å²) >= 11 is 0. The van der Waals surface area contributed by atoms with Gasteiger partial charge in [-0.05, 0) is 49.9 Å². The maximum Gasteiger partial charge on any atom is 0.253 e. The number of hydrogen-bond acceptors (Lipinski definition) is 5. The van der Waals surface area contributed by atoms with Gasteiger partial charge in [-0.15, -0.1) is 0 Å². The van der Waals surface area contributed by atoms with Crippen LogP contribution < -0.4 is 10.0 Å². The Labute approximate surface area is 165 Å². The molecule has 8 nitrogen and oxygen atoms in total. The highest BCUT2D eigenvalue weighted by molar-refractivity contribution is 7.92. The SMILES string of the molecule is CS(=O)(=O)Nc1ccc(C(=O)N2CCC(C(=O)NCC3CCCO3)CC2)cc1. The molecule has 1 aromatic rings. The number of benzene rings is 1. The van der Waals surface area contributed by atoms with E-state index >= 15 is 0 Å². The van der Waals surface area contributed by atoms with Gasteiger partial charge in [0.15, 0.2) is 0 Å². The minimum absolute atomic E-state index is 0.0406. The molecule has 1 aromatic carbocycles. The van der Waals surface area contributed by atoms with Crippen molar-refractivity contribution in [3.05, 3.63) is 29.8 Å². The minimum atomic E-state index is -3.35. The van der Waals surface area contributed by atoms with Crippen LogP contribution in [0.1, 0.15) is 36.0 Å². The van der Waals surface area contributed by atoms with Crippen LogP contribution in [0.2, 0.25) is 0 Å². The van der Waals surface area contributed by atoms with E-state index in [-0.39, 0.29) is 23.8 Å². The first-order chi connectivity index (χ1) is 13.3. The molecule has 1 atom stereocenters. The molecule has 2 saturated heterocycles. The Hall–Kier alpha value is -2.13. The van der Waals surface area contributed by atoms with E-state index in [1.165, 1.54) is 0 Å². The van der Waals surface area contributed by atoms with Gasteiger partial charge in [-0.25, -0.2) is 8.42 Å². The molecule has 2 fully saturated rings. The van der Waals surface area contributed by atoms with Crippen molar-refractivity contribution in [1.82, 2.24) is 10.2 Å². The number of nitrogens with zero attached hydrogens (tertiary/aromatic N) is 1. The van der Waals surface area contributed by atoms with Gasteiger partial charge in [-0.1, -0.05) is 0 Å². The van der Waals surface area contributed by atoms with E-state index in [0.29, 0.717) is 43.7 Å². The quantitative estimate of drug-likeness (QED) is 0.735. The third-order valence-electron chi connectivity index (χ3n) is 5.12. The summed E-state index contributed by atoms with van der Waals surface area (Å²) in [6.07, 6.45) is 4.52. The molecule has 1 unspecified atom stereocenters. The minimum Gasteiger partial charge on any atom is -0.376 e. The molecule has 2 amide bonds. The molecule has 0 aromatic heterocycles. The lowest BCUT2D eigenvalue weighted by molar-refractivity contribution is -0.126. The standard InChI is InChI=1S/C19H27N3O5S/c1-28(25,26)21-16-6-4-15(5-7-16)19(24)22-10-8-14(9-11-22)18(23)20-13-17-3-2-12-27-17/h4-7,14,17,21H,2-3,8-13H2,1H3,(H,20,23). The summed E-state index contributed by atoms with van der Waals surface area (Å²) < 4.78 is 30.4. The normalized spacial score (nSPS) is 20.8. The van der Waals surface area contributed by atoms with Crippen LogP contribution in [-0.2, 0) is 19.6 Å². The first kappa shape index (κ1) is 20.6. The highest BCUT2D eigenvalue weighted by atomic mass is 32.2. The largest absolute Gasteiger partial charge is 0.376 e. The Balaban J connectivity index is 1.47. The maximum absolute atomic E-state index is 12.6. The average molecular weight is 410 g/mol. The Morgan fingerprint density at radius 2 is 1.82 bits per heavy atom. The fourth-order valence-corrected chi connectivity index (χ4v) is 4.15. The number of amides is 2. The molecule has 28 heavy (non-hydrogen) atoms. The van der Waals surface area contributed by atoms with Gasteiger partial charge in [0.1, 0.15) is 0 Å². The molecule has 9 heteroatoms. The predicted molar refractivity (Wildman–Crippen MR) is 106 cm³/mol. The van der Waals surface area contributed by atoms with Gasteiger partial charge in [0, 0.05) is 43.4 Å². The highest BCUT2D eigenvalue weighted by Crippen LogP contribution is 2.21. The molecule has 0 bridgehead atoms. The van der Waals surface area contributed by atoms with Crippen LogP contribution in [0, 0.1) is 5.92 Å². The van der Waals surface area contributed by atoms with Crippen molar-refractivity contribution in [3.63, 3.8) is 0 Å². The van der Waals surface area contributed by atoms with E-state index in [1.54, 1.807) is 29.2 Å². The topological polar surface area (TPSA) is 105 Å². The Kier molecular flexibility index (Phi) is 6.56. The van der Waals surface area contributed by atoms with E-state index in [0.717, 1.165) is 25.7 Å². The fourth-order valence-electron chi connectivity index (χ4n) is 3.59. The van der Waals surface area contributed by atoms with Crippen molar-refractivity contribution in [2.24, 2.45) is 5.92 Å². The number of carbonyl (C=O) groups is 2. The van der Waals surface area contributed by atoms with Gasteiger partial charge in [-0.2, -0.15) is 0 Å². The van der Waals surface area contributed by atoms with Gasteiger partial charge in [-0.3, -0.25) is 14.3 Å². The summed E-state index contributed by atoms with van der Waals surface area (Å²) in [7, 11) is -3.35. The lowest BCUT2D eigenvalue weighted by Gasteiger charge is -2.31. The number of rotatable bonds is 6. The van der Waals surface area contributed by atoms with Crippen LogP contribution in [0.3, 0.4) is 0 Å². The van der Waals surface area contributed by atoms with Gasteiger partial charge < -0.3 is 15.0 Å². The zero-order chi connectivity index (χ0) is 20.1. The molecule has 2 heterocycles. The average Bonchev–Trinajstić information content (AvgIpc) is 3.19. The lowest BCUT2D eigenvalue weighted by Crippen LogP contribution is -2.44. The van der Waals surface area contributed by atoms with E-state index in [2.05, 4.69) is 10.0 Å². The van der Waals surface area contributed by atoms with Crippen LogP contribution in [0.25, 0.3) is 0 Å². The van der Waals surface area contributed by atoms with Crippen molar-refractivity contribution in [2.45, 2.75) is 31.8 Å². The molecule has 0 aliphatic carbocycles. The zero-order valence-corrected chi connectivity index (χ0v) is 16.8. The summed E-state index contributed by atoms with van der Waals surface area (Å²) in [4.78, 5) is 26.7. The van der Waals surface area contributed by atoms with E-state index in [4.69, 9.17) is 4.74 Å². The van der Waals surface area contributed by atoms with Gasteiger partial charge in [0.05, 0.1) is 12.4 Å². The Morgan fingerprint density at radius 3 is 2.39 bits per heavy atom. The molecule has 154 valence electrons. The summed E-state index contributed by atoms with van der Waals surface area (Å²) in [5.41, 5.74) is 0.918. The van der Waals surface area contributed by atoms with Crippen LogP contribution in [0.15, 0.2) is 24.3 Å². The number of anilines is 1. The highest BCUT2D eigenvalue weighted by Gasteiger charge is 2.28. The van der Waals surface area contributed by atoms with Crippen LogP contribution in [0.4, 0.5) is 5.69 Å². The van der Waals surface area contributed by atoms with E-state index in [9.17, 15) is 18.0 Å². The molecule has 0 radical (unpaired) electrons. The molecule has 0 saturated carbocycles. The fraction of sp³-hybridized carbons (Fsp3) is 0.579. The van der Waals surface area contributed by atoms with Crippen LogP contribution in [-0.4, -0.2) is 63.7 Å². The van der Waals surface area contributed by atoms with Gasteiger partial charge in [0.25, 0.3) is 5.91 Å². The third-order valence-corrected chi connectivity index (χ3v) is 5.72. The second-order valence-electron chi connectivity index (χ2n) is 7.40. The number of likely N-dealkylation sites (tertiary alicyclic amines) is 1. The van der Waals surface area contributed by atoms with Gasteiger partial charge in [0.2, 0.25) is 15.9 Å². The number of sulfonamides is 1. The molecule has 3 rings (SSSR count). The summed E-state index contributed by atoms with van der Waals surface area (Å²) in [5, 5.41) is 2.97. The first-order valence-electron chi connectivity index (χ1n) is 9.58. The first-order valence-corrected chi connectivity index (χ1v) is 11.5. The maximum atomic E-state index is 12.6. The smallest absolute Gasteiger partial charge is 0.253 e. The third kappa shape index (κ3) is 5.68.